The normalized spacial score (nSPS) is 16.3. The first-order valence-electron chi connectivity index (χ1n) is 8.81. The minimum Gasteiger partial charge on any atom is -0.312 e. The Hall–Kier alpha value is -3.20. The lowest BCUT2D eigenvalue weighted by Crippen LogP contribution is -2.35. The Morgan fingerprint density at radius 3 is 2.59 bits per heavy atom. The molecular weight excluding hydrogens is 345 g/mol. The summed E-state index contributed by atoms with van der Waals surface area (Å²) in [7, 11) is 1.48. The van der Waals surface area contributed by atoms with E-state index in [4.69, 9.17) is 5.26 Å². The molecule has 0 unspecified atom stereocenters. The highest BCUT2D eigenvalue weighted by molar-refractivity contribution is 6.04. The molecule has 0 aromatic heterocycles. The fourth-order valence-electron chi connectivity index (χ4n) is 3.28. The highest BCUT2D eigenvalue weighted by Crippen LogP contribution is 2.28. The predicted octanol–water partition coefficient (Wildman–Crippen LogP) is 3.28. The second kappa shape index (κ2) is 7.58. The molecule has 1 aliphatic heterocycles. The minimum absolute atomic E-state index is 0.0938. The molecule has 1 atom stereocenters. The van der Waals surface area contributed by atoms with Gasteiger partial charge in [-0.05, 0) is 42.3 Å². The molecule has 0 aliphatic carbocycles. The van der Waals surface area contributed by atoms with Crippen LogP contribution in [0.2, 0.25) is 0 Å². The van der Waals surface area contributed by atoms with Crippen molar-refractivity contribution in [3.8, 4) is 6.07 Å². The van der Waals surface area contributed by atoms with E-state index in [1.165, 1.54) is 29.6 Å². The van der Waals surface area contributed by atoms with Gasteiger partial charge in [-0.25, -0.2) is 4.39 Å². The van der Waals surface area contributed by atoms with E-state index in [2.05, 4.69) is 6.92 Å². The van der Waals surface area contributed by atoms with Crippen molar-refractivity contribution in [1.29, 1.82) is 5.26 Å². The average molecular weight is 365 g/mol. The summed E-state index contributed by atoms with van der Waals surface area (Å²) in [4.78, 5) is 28.0. The topological polar surface area (TPSA) is 64.4 Å². The lowest BCUT2D eigenvalue weighted by molar-refractivity contribution is -0.124. The number of benzene rings is 2. The molecule has 0 bridgehead atoms. The van der Waals surface area contributed by atoms with Gasteiger partial charge in [0.2, 0.25) is 11.8 Å². The first-order chi connectivity index (χ1) is 12.9. The molecule has 1 aliphatic rings. The maximum atomic E-state index is 14.2. The van der Waals surface area contributed by atoms with E-state index in [0.717, 1.165) is 18.2 Å². The SMILES string of the molecule is CCc1ccc(N2C[C@H](C(=O)N(C)c3ccc(C#N)cc3F)CC2=O)cc1. The highest BCUT2D eigenvalue weighted by Gasteiger charge is 2.37. The molecule has 3 rings (SSSR count). The molecule has 2 aromatic carbocycles. The first-order valence-corrected chi connectivity index (χ1v) is 8.81. The molecule has 2 amide bonds. The Kier molecular flexibility index (Phi) is 5.22. The zero-order valence-electron chi connectivity index (χ0n) is 15.3. The quantitative estimate of drug-likeness (QED) is 0.835. The molecular formula is C21H20FN3O2. The molecule has 0 saturated carbocycles. The van der Waals surface area contributed by atoms with Gasteiger partial charge in [-0.3, -0.25) is 9.59 Å². The Balaban J connectivity index is 1.76. The Labute approximate surface area is 157 Å². The summed E-state index contributed by atoms with van der Waals surface area (Å²) >= 11 is 0. The van der Waals surface area contributed by atoms with E-state index in [1.54, 1.807) is 4.90 Å². The van der Waals surface area contributed by atoms with E-state index < -0.39 is 11.7 Å². The number of anilines is 2. The van der Waals surface area contributed by atoms with Crippen molar-refractivity contribution in [2.24, 2.45) is 5.92 Å². The fraction of sp³-hybridized carbons (Fsp3) is 0.286. The van der Waals surface area contributed by atoms with Gasteiger partial charge in [0, 0.05) is 25.7 Å². The van der Waals surface area contributed by atoms with Crippen LogP contribution in [0.1, 0.15) is 24.5 Å². The van der Waals surface area contributed by atoms with Gasteiger partial charge in [0.1, 0.15) is 5.82 Å². The van der Waals surface area contributed by atoms with Crippen LogP contribution in [-0.2, 0) is 16.0 Å². The van der Waals surface area contributed by atoms with Crippen molar-refractivity contribution in [2.45, 2.75) is 19.8 Å². The molecule has 0 radical (unpaired) electrons. The summed E-state index contributed by atoms with van der Waals surface area (Å²) in [6, 6.07) is 13.5. The van der Waals surface area contributed by atoms with E-state index in [0.29, 0.717) is 0 Å². The van der Waals surface area contributed by atoms with Crippen LogP contribution in [0.4, 0.5) is 15.8 Å². The van der Waals surface area contributed by atoms with Crippen molar-refractivity contribution >= 4 is 23.2 Å². The number of aryl methyl sites for hydroxylation is 1. The van der Waals surface area contributed by atoms with Crippen LogP contribution >= 0.6 is 0 Å². The highest BCUT2D eigenvalue weighted by atomic mass is 19.1. The Morgan fingerprint density at radius 2 is 2.00 bits per heavy atom. The molecule has 5 nitrogen and oxygen atoms in total. The summed E-state index contributed by atoms with van der Waals surface area (Å²) in [6.07, 6.45) is 1.01. The Morgan fingerprint density at radius 1 is 1.30 bits per heavy atom. The number of carbonyl (C=O) groups is 2. The summed E-state index contributed by atoms with van der Waals surface area (Å²) in [5.41, 5.74) is 2.22. The van der Waals surface area contributed by atoms with E-state index in [9.17, 15) is 14.0 Å². The van der Waals surface area contributed by atoms with Crippen LogP contribution in [0, 0.1) is 23.1 Å². The number of rotatable bonds is 4. The van der Waals surface area contributed by atoms with Crippen LogP contribution in [-0.4, -0.2) is 25.4 Å². The zero-order chi connectivity index (χ0) is 19.6. The molecule has 0 spiro atoms. The van der Waals surface area contributed by atoms with Crippen LogP contribution < -0.4 is 9.80 Å². The third-order valence-corrected chi connectivity index (χ3v) is 4.90. The maximum Gasteiger partial charge on any atom is 0.232 e. The average Bonchev–Trinajstić information content (AvgIpc) is 3.08. The monoisotopic (exact) mass is 365 g/mol. The predicted molar refractivity (Wildman–Crippen MR) is 101 cm³/mol. The van der Waals surface area contributed by atoms with Crippen molar-refractivity contribution < 1.29 is 14.0 Å². The molecule has 27 heavy (non-hydrogen) atoms. The molecule has 2 aromatic rings. The van der Waals surface area contributed by atoms with Crippen LogP contribution in [0.5, 0.6) is 0 Å². The summed E-state index contributed by atoms with van der Waals surface area (Å²) in [6.45, 7) is 2.33. The molecule has 6 heteroatoms. The van der Waals surface area contributed by atoms with Gasteiger partial charge >= 0.3 is 0 Å². The number of carbonyl (C=O) groups excluding carboxylic acids is 2. The van der Waals surface area contributed by atoms with E-state index in [1.807, 2.05) is 30.3 Å². The standard InChI is InChI=1S/C21H20FN3O2/c1-3-14-4-7-17(8-5-14)25-13-16(11-20(25)26)21(27)24(2)19-9-6-15(12-23)10-18(19)22/h4-10,16H,3,11,13H2,1-2H3/t16-/m1/s1. The maximum absolute atomic E-state index is 14.2. The number of nitriles is 1. The van der Waals surface area contributed by atoms with Crippen molar-refractivity contribution in [3.63, 3.8) is 0 Å². The Bertz CT molecular complexity index is 918. The lowest BCUT2D eigenvalue weighted by atomic mass is 10.1. The van der Waals surface area contributed by atoms with Crippen LogP contribution in [0.15, 0.2) is 42.5 Å². The van der Waals surface area contributed by atoms with Crippen molar-refractivity contribution in [3.05, 3.63) is 59.4 Å². The first kappa shape index (κ1) is 18.6. The van der Waals surface area contributed by atoms with Gasteiger partial charge in [-0.15, -0.1) is 0 Å². The number of amides is 2. The third kappa shape index (κ3) is 3.68. The molecule has 1 heterocycles. The van der Waals surface area contributed by atoms with Crippen molar-refractivity contribution in [2.75, 3.05) is 23.4 Å². The molecule has 0 N–H and O–H groups in total. The number of halogens is 1. The largest absolute Gasteiger partial charge is 0.312 e. The van der Waals surface area contributed by atoms with Gasteiger partial charge in [0.25, 0.3) is 0 Å². The summed E-state index contributed by atoms with van der Waals surface area (Å²) in [5, 5.41) is 8.83. The number of hydrogen-bond acceptors (Lipinski definition) is 3. The summed E-state index contributed by atoms with van der Waals surface area (Å²) < 4.78 is 14.2. The minimum atomic E-state index is -0.638. The second-order valence-corrected chi connectivity index (χ2v) is 6.60. The van der Waals surface area contributed by atoms with Gasteiger partial charge in [-0.2, -0.15) is 5.26 Å². The van der Waals surface area contributed by atoms with Gasteiger partial charge in [-0.1, -0.05) is 19.1 Å². The van der Waals surface area contributed by atoms with E-state index in [-0.39, 0.29) is 36.0 Å². The molecule has 1 fully saturated rings. The van der Waals surface area contributed by atoms with E-state index >= 15 is 0 Å². The zero-order valence-corrected chi connectivity index (χ0v) is 15.3. The van der Waals surface area contributed by atoms with Gasteiger partial charge in [0.05, 0.1) is 23.2 Å². The third-order valence-electron chi connectivity index (χ3n) is 4.90. The van der Waals surface area contributed by atoms with Crippen LogP contribution in [0.3, 0.4) is 0 Å². The number of hydrogen-bond donors (Lipinski definition) is 0. The summed E-state index contributed by atoms with van der Waals surface area (Å²) in [5.74, 6) is -1.62. The van der Waals surface area contributed by atoms with Gasteiger partial charge in [0.15, 0.2) is 0 Å². The number of nitrogens with zero attached hydrogens (tertiary/aromatic N) is 3. The molecule has 1 saturated heterocycles. The molecule has 138 valence electrons. The van der Waals surface area contributed by atoms with Crippen molar-refractivity contribution in [1.82, 2.24) is 0 Å². The lowest BCUT2D eigenvalue weighted by Gasteiger charge is -2.22. The fourth-order valence-corrected chi connectivity index (χ4v) is 3.28. The second-order valence-electron chi connectivity index (χ2n) is 6.60. The van der Waals surface area contributed by atoms with Gasteiger partial charge < -0.3 is 9.80 Å². The van der Waals surface area contributed by atoms with Crippen LogP contribution in [0.25, 0.3) is 0 Å². The smallest absolute Gasteiger partial charge is 0.232 e.